The Morgan fingerprint density at radius 1 is 1.33 bits per heavy atom. The largest absolute Gasteiger partial charge is 0.347 e. The lowest BCUT2D eigenvalue weighted by Crippen LogP contribution is -2.48. The molecule has 85 valence electrons. The van der Waals surface area contributed by atoms with Crippen LogP contribution in [0.5, 0.6) is 0 Å². The number of hydrogen-bond acceptors (Lipinski definition) is 2. The number of carbonyl (C=O) groups is 1. The van der Waals surface area contributed by atoms with Crippen LogP contribution in [0.1, 0.15) is 32.1 Å². The SMILES string of the molecule is CN(C)C(=O)C(N[C]=O)C1CCCCC1. The van der Waals surface area contributed by atoms with E-state index in [1.165, 1.54) is 11.3 Å². The van der Waals surface area contributed by atoms with Gasteiger partial charge in [-0.2, -0.15) is 0 Å². The monoisotopic (exact) mass is 211 g/mol. The van der Waals surface area contributed by atoms with Crippen LogP contribution in [0.2, 0.25) is 0 Å². The van der Waals surface area contributed by atoms with Crippen LogP contribution >= 0.6 is 0 Å². The van der Waals surface area contributed by atoms with Crippen molar-refractivity contribution in [3.8, 4) is 0 Å². The fourth-order valence-corrected chi connectivity index (χ4v) is 2.19. The molecule has 0 spiro atoms. The highest BCUT2D eigenvalue weighted by molar-refractivity contribution is 5.83. The Bertz CT molecular complexity index is 223. The summed E-state index contributed by atoms with van der Waals surface area (Å²) in [6.45, 7) is 0. The van der Waals surface area contributed by atoms with Crippen LogP contribution in [0.3, 0.4) is 0 Å². The van der Waals surface area contributed by atoms with E-state index in [9.17, 15) is 9.59 Å². The number of hydrogen-bond donors (Lipinski definition) is 1. The van der Waals surface area contributed by atoms with Crippen molar-refractivity contribution in [2.24, 2.45) is 5.92 Å². The van der Waals surface area contributed by atoms with Gasteiger partial charge >= 0.3 is 6.41 Å². The summed E-state index contributed by atoms with van der Waals surface area (Å²) in [4.78, 5) is 23.7. The van der Waals surface area contributed by atoms with Gasteiger partial charge in [-0.15, -0.1) is 0 Å². The van der Waals surface area contributed by atoms with E-state index >= 15 is 0 Å². The summed E-state index contributed by atoms with van der Waals surface area (Å²) in [5.74, 6) is 0.264. The molecule has 0 aromatic carbocycles. The first kappa shape index (κ1) is 12.0. The molecule has 0 aliphatic heterocycles. The van der Waals surface area contributed by atoms with E-state index in [4.69, 9.17) is 0 Å². The minimum atomic E-state index is -0.377. The highest BCUT2D eigenvalue weighted by Gasteiger charge is 2.30. The van der Waals surface area contributed by atoms with E-state index in [1.54, 1.807) is 20.5 Å². The van der Waals surface area contributed by atoms with E-state index in [2.05, 4.69) is 5.32 Å². The molecular formula is C11H19N2O2. The van der Waals surface area contributed by atoms with Gasteiger partial charge in [-0.1, -0.05) is 19.3 Å². The Morgan fingerprint density at radius 3 is 2.40 bits per heavy atom. The zero-order valence-electron chi connectivity index (χ0n) is 9.45. The number of nitrogens with zero attached hydrogens (tertiary/aromatic N) is 1. The molecule has 15 heavy (non-hydrogen) atoms. The van der Waals surface area contributed by atoms with Gasteiger partial charge in [-0.05, 0) is 18.8 Å². The van der Waals surface area contributed by atoms with E-state index in [-0.39, 0.29) is 17.9 Å². The molecule has 1 radical (unpaired) electrons. The first-order valence-corrected chi connectivity index (χ1v) is 5.50. The molecule has 1 N–H and O–H groups in total. The van der Waals surface area contributed by atoms with Crippen molar-refractivity contribution in [1.29, 1.82) is 0 Å². The number of rotatable bonds is 4. The fraction of sp³-hybridized carbons (Fsp3) is 0.818. The lowest BCUT2D eigenvalue weighted by atomic mass is 9.83. The third kappa shape index (κ3) is 3.22. The highest BCUT2D eigenvalue weighted by atomic mass is 16.2. The number of likely N-dealkylation sites (N-methyl/N-ethyl adjacent to an activating group) is 1. The number of nitrogens with one attached hydrogen (secondary N) is 1. The van der Waals surface area contributed by atoms with Crippen LogP contribution < -0.4 is 5.32 Å². The topological polar surface area (TPSA) is 49.4 Å². The van der Waals surface area contributed by atoms with E-state index in [0.717, 1.165) is 25.7 Å². The molecule has 1 saturated carbocycles. The molecular weight excluding hydrogens is 192 g/mol. The standard InChI is InChI=1S/C11H19N2O2/c1-13(2)11(15)10(12-8-14)9-6-4-3-5-7-9/h9-10H,3-7H2,1-2H3,(H,12,14). The van der Waals surface area contributed by atoms with Crippen LogP contribution in [0.15, 0.2) is 0 Å². The van der Waals surface area contributed by atoms with Crippen molar-refractivity contribution < 1.29 is 9.59 Å². The molecule has 2 amide bonds. The first-order chi connectivity index (χ1) is 7.16. The maximum atomic E-state index is 11.8. The third-order valence-electron chi connectivity index (χ3n) is 3.04. The van der Waals surface area contributed by atoms with Gasteiger partial charge in [0.25, 0.3) is 0 Å². The molecule has 0 aromatic heterocycles. The van der Waals surface area contributed by atoms with Gasteiger partial charge in [-0.25, -0.2) is 0 Å². The molecule has 0 bridgehead atoms. The minimum absolute atomic E-state index is 0.0229. The maximum Gasteiger partial charge on any atom is 0.309 e. The molecule has 1 aliphatic carbocycles. The van der Waals surface area contributed by atoms with Crippen molar-refractivity contribution in [1.82, 2.24) is 10.2 Å². The van der Waals surface area contributed by atoms with Crippen molar-refractivity contribution in [2.45, 2.75) is 38.1 Å². The van der Waals surface area contributed by atoms with Crippen LogP contribution in [0.25, 0.3) is 0 Å². The molecule has 1 rings (SSSR count). The Kier molecular flexibility index (Phi) is 4.59. The smallest absolute Gasteiger partial charge is 0.309 e. The van der Waals surface area contributed by atoms with Crippen molar-refractivity contribution in [3.63, 3.8) is 0 Å². The van der Waals surface area contributed by atoms with Crippen molar-refractivity contribution in [3.05, 3.63) is 0 Å². The predicted molar refractivity (Wildman–Crippen MR) is 57.9 cm³/mol. The number of amides is 2. The molecule has 0 heterocycles. The number of carbonyl (C=O) groups excluding carboxylic acids is 2. The second-order valence-corrected chi connectivity index (χ2v) is 4.35. The molecule has 1 unspecified atom stereocenters. The highest BCUT2D eigenvalue weighted by Crippen LogP contribution is 2.26. The summed E-state index contributed by atoms with van der Waals surface area (Å²) in [5, 5.41) is 2.54. The zero-order chi connectivity index (χ0) is 11.3. The van der Waals surface area contributed by atoms with E-state index in [0.29, 0.717) is 0 Å². The van der Waals surface area contributed by atoms with Crippen molar-refractivity contribution >= 4 is 12.3 Å². The molecule has 1 aliphatic rings. The molecule has 4 nitrogen and oxygen atoms in total. The lowest BCUT2D eigenvalue weighted by Gasteiger charge is -2.30. The molecule has 4 heteroatoms. The van der Waals surface area contributed by atoms with Crippen LogP contribution in [0.4, 0.5) is 0 Å². The van der Waals surface area contributed by atoms with Gasteiger partial charge in [0, 0.05) is 14.1 Å². The van der Waals surface area contributed by atoms with Gasteiger partial charge in [0.1, 0.15) is 6.04 Å². The Hall–Kier alpha value is -1.06. The summed E-state index contributed by atoms with van der Waals surface area (Å²) in [7, 11) is 3.43. The average molecular weight is 211 g/mol. The van der Waals surface area contributed by atoms with E-state index < -0.39 is 0 Å². The van der Waals surface area contributed by atoms with Gasteiger partial charge in [0.15, 0.2) is 0 Å². The second-order valence-electron chi connectivity index (χ2n) is 4.35. The second kappa shape index (κ2) is 5.73. The minimum Gasteiger partial charge on any atom is -0.347 e. The summed E-state index contributed by atoms with van der Waals surface area (Å²) in [6.07, 6.45) is 7.26. The lowest BCUT2D eigenvalue weighted by molar-refractivity contribution is -0.132. The van der Waals surface area contributed by atoms with Crippen LogP contribution in [-0.2, 0) is 9.59 Å². The van der Waals surface area contributed by atoms with Gasteiger partial charge in [0.05, 0.1) is 0 Å². The molecule has 0 saturated heterocycles. The van der Waals surface area contributed by atoms with Gasteiger partial charge in [-0.3, -0.25) is 9.59 Å². The summed E-state index contributed by atoms with van der Waals surface area (Å²) in [5.41, 5.74) is 0. The maximum absolute atomic E-state index is 11.8. The summed E-state index contributed by atoms with van der Waals surface area (Å²) >= 11 is 0. The quantitative estimate of drug-likeness (QED) is 0.695. The molecule has 1 fully saturated rings. The third-order valence-corrected chi connectivity index (χ3v) is 3.04. The zero-order valence-corrected chi connectivity index (χ0v) is 9.45. The molecule has 1 atom stereocenters. The first-order valence-electron chi connectivity index (χ1n) is 5.50. The van der Waals surface area contributed by atoms with E-state index in [1.807, 2.05) is 0 Å². The Balaban J connectivity index is 2.62. The predicted octanol–water partition coefficient (Wildman–Crippen LogP) is 0.680. The van der Waals surface area contributed by atoms with Gasteiger partial charge < -0.3 is 10.2 Å². The van der Waals surface area contributed by atoms with Crippen LogP contribution in [-0.4, -0.2) is 37.4 Å². The summed E-state index contributed by atoms with van der Waals surface area (Å²) < 4.78 is 0. The van der Waals surface area contributed by atoms with Crippen LogP contribution in [0, 0.1) is 5.92 Å². The average Bonchev–Trinajstić information content (AvgIpc) is 2.26. The summed E-state index contributed by atoms with van der Waals surface area (Å²) in [6, 6.07) is -0.377. The Morgan fingerprint density at radius 2 is 1.93 bits per heavy atom. The van der Waals surface area contributed by atoms with Crippen molar-refractivity contribution in [2.75, 3.05) is 14.1 Å². The van der Waals surface area contributed by atoms with Gasteiger partial charge in [0.2, 0.25) is 5.91 Å². The molecule has 0 aromatic rings. The Labute approximate surface area is 91.0 Å². The normalized spacial score (nSPS) is 19.3. The fourth-order valence-electron chi connectivity index (χ4n) is 2.19.